The van der Waals surface area contributed by atoms with Crippen LogP contribution in [-0.2, 0) is 33.7 Å². The quantitative estimate of drug-likeness (QED) is 0.103. The normalized spacial score (nSPS) is 14.2. The average molecular weight is 617 g/mol. The molecule has 0 unspecified atom stereocenters. The maximum Gasteiger partial charge on any atom is 0.339 e. The molecule has 1 aliphatic heterocycles. The van der Waals surface area contributed by atoms with Crippen LogP contribution in [0.4, 0.5) is 5.82 Å². The number of unbranched alkanes of at least 4 members (excludes halogenated alkanes) is 4. The summed E-state index contributed by atoms with van der Waals surface area (Å²) in [4.78, 5) is 46.8. The standard InChI is InChI=1S/C32H36N6O5S/c1-32(2)15-23-20(16-43-32)25(31(41)42-13-7-5-3-4-6-8-24(39)40)26-27-28(44-30(26)38-23)29(37-18-36-27)33-12-11-19-9-10-21-22(14-19)35-17-34-21/h9-10,14,17-18H,3-8,11-13,15-16H2,1-2H3,(H,34,35)(H,39,40)(H,33,36,37). The number of carboxylic acid groups (broad SMARTS) is 1. The third-order valence-corrected chi connectivity index (χ3v) is 9.03. The van der Waals surface area contributed by atoms with Crippen molar-refractivity contribution in [3.8, 4) is 0 Å². The zero-order chi connectivity index (χ0) is 30.7. The predicted octanol–water partition coefficient (Wildman–Crippen LogP) is 6.20. The van der Waals surface area contributed by atoms with Crippen LogP contribution in [0, 0.1) is 0 Å². The summed E-state index contributed by atoms with van der Waals surface area (Å²) in [6.45, 7) is 5.27. The van der Waals surface area contributed by atoms with Crippen molar-refractivity contribution in [2.75, 3.05) is 18.5 Å². The predicted molar refractivity (Wildman–Crippen MR) is 169 cm³/mol. The Labute approximate surface area is 258 Å². The van der Waals surface area contributed by atoms with E-state index in [1.807, 2.05) is 19.9 Å². The molecule has 1 aliphatic rings. The molecule has 1 aromatic carbocycles. The number of carbonyl (C=O) groups excluding carboxylic acids is 1. The van der Waals surface area contributed by atoms with Gasteiger partial charge in [0.05, 0.1) is 63.0 Å². The SMILES string of the molecule is CC1(C)Cc2nc3sc4c(NCCc5ccc6[nH]cnc6c5)ncnc4c3c(C(=O)OCCCCCCCC(=O)O)c2CO1. The van der Waals surface area contributed by atoms with Crippen LogP contribution in [0.5, 0.6) is 0 Å². The highest BCUT2D eigenvalue weighted by molar-refractivity contribution is 7.26. The Hall–Kier alpha value is -4.16. The molecule has 0 aliphatic carbocycles. The van der Waals surface area contributed by atoms with Crippen molar-refractivity contribution in [2.24, 2.45) is 0 Å². The van der Waals surface area contributed by atoms with Gasteiger partial charge in [-0.05, 0) is 50.8 Å². The first-order chi connectivity index (χ1) is 21.3. The molecule has 0 saturated heterocycles. The Balaban J connectivity index is 1.23. The molecule has 0 bridgehead atoms. The van der Waals surface area contributed by atoms with E-state index in [2.05, 4.69) is 37.4 Å². The number of nitrogens with one attached hydrogen (secondary N) is 2. The van der Waals surface area contributed by atoms with E-state index in [1.54, 1.807) is 6.33 Å². The number of H-pyrrole nitrogens is 1. The second-order valence-electron chi connectivity index (χ2n) is 11.8. The van der Waals surface area contributed by atoms with Crippen LogP contribution in [-0.4, -0.2) is 60.7 Å². The van der Waals surface area contributed by atoms with Gasteiger partial charge in [0, 0.05) is 24.9 Å². The number of carbonyl (C=O) groups is 2. The fourth-order valence-electron chi connectivity index (χ4n) is 5.67. The van der Waals surface area contributed by atoms with Gasteiger partial charge in [0.2, 0.25) is 0 Å². The van der Waals surface area contributed by atoms with E-state index in [0.29, 0.717) is 48.1 Å². The van der Waals surface area contributed by atoms with E-state index >= 15 is 0 Å². The molecular weight excluding hydrogens is 580 g/mol. The Kier molecular flexibility index (Phi) is 8.72. The minimum absolute atomic E-state index is 0.189. The molecule has 5 heterocycles. The number of fused-ring (bicyclic) bond motifs is 5. The molecule has 0 spiro atoms. The van der Waals surface area contributed by atoms with Gasteiger partial charge < -0.3 is 24.9 Å². The fourth-order valence-corrected chi connectivity index (χ4v) is 6.79. The molecule has 0 radical (unpaired) electrons. The number of anilines is 1. The summed E-state index contributed by atoms with van der Waals surface area (Å²) in [7, 11) is 0. The highest BCUT2D eigenvalue weighted by Gasteiger charge is 2.33. The van der Waals surface area contributed by atoms with Gasteiger partial charge in [-0.2, -0.15) is 0 Å². The van der Waals surface area contributed by atoms with Gasteiger partial charge in [0.25, 0.3) is 0 Å². The van der Waals surface area contributed by atoms with Crippen molar-refractivity contribution in [2.45, 2.75) is 77.4 Å². The van der Waals surface area contributed by atoms with Crippen molar-refractivity contribution in [3.05, 3.63) is 53.2 Å². The van der Waals surface area contributed by atoms with Crippen molar-refractivity contribution < 1.29 is 24.2 Å². The van der Waals surface area contributed by atoms with Gasteiger partial charge in [-0.3, -0.25) is 4.79 Å². The molecule has 44 heavy (non-hydrogen) atoms. The highest BCUT2D eigenvalue weighted by atomic mass is 32.1. The number of hydrogen-bond donors (Lipinski definition) is 3. The zero-order valence-corrected chi connectivity index (χ0v) is 25.8. The van der Waals surface area contributed by atoms with Gasteiger partial charge in [-0.15, -0.1) is 11.3 Å². The molecule has 11 nitrogen and oxygen atoms in total. The number of ether oxygens (including phenoxy) is 2. The first-order valence-electron chi connectivity index (χ1n) is 15.1. The lowest BCUT2D eigenvalue weighted by atomic mass is 9.92. The van der Waals surface area contributed by atoms with Gasteiger partial charge in [0.1, 0.15) is 17.0 Å². The van der Waals surface area contributed by atoms with E-state index in [9.17, 15) is 9.59 Å². The third kappa shape index (κ3) is 6.51. The number of carboxylic acids is 1. The largest absolute Gasteiger partial charge is 0.481 e. The van der Waals surface area contributed by atoms with Crippen LogP contribution < -0.4 is 5.32 Å². The van der Waals surface area contributed by atoms with Gasteiger partial charge >= 0.3 is 11.9 Å². The van der Waals surface area contributed by atoms with E-state index < -0.39 is 17.5 Å². The number of imidazole rings is 1. The number of pyridine rings is 1. The molecule has 0 saturated carbocycles. The lowest BCUT2D eigenvalue weighted by molar-refractivity contribution is -0.137. The van der Waals surface area contributed by atoms with E-state index in [1.165, 1.54) is 23.2 Å². The summed E-state index contributed by atoms with van der Waals surface area (Å²) < 4.78 is 12.8. The summed E-state index contributed by atoms with van der Waals surface area (Å²) in [5.41, 5.74) is 5.48. The van der Waals surface area contributed by atoms with Crippen molar-refractivity contribution >= 4 is 60.6 Å². The molecule has 0 fully saturated rings. The first kappa shape index (κ1) is 29.9. The average Bonchev–Trinajstić information content (AvgIpc) is 3.61. The lowest BCUT2D eigenvalue weighted by Gasteiger charge is -2.32. The number of benzene rings is 1. The fraction of sp³-hybridized carbons (Fsp3) is 0.438. The van der Waals surface area contributed by atoms with Crippen LogP contribution in [0.2, 0.25) is 0 Å². The summed E-state index contributed by atoms with van der Waals surface area (Å²) in [5.74, 6) is -0.462. The van der Waals surface area contributed by atoms with Crippen molar-refractivity contribution in [1.29, 1.82) is 0 Å². The smallest absolute Gasteiger partial charge is 0.339 e. The van der Waals surface area contributed by atoms with Crippen molar-refractivity contribution in [1.82, 2.24) is 24.9 Å². The summed E-state index contributed by atoms with van der Waals surface area (Å²) in [6, 6.07) is 6.21. The molecule has 0 amide bonds. The molecule has 3 N–H and O–H groups in total. The third-order valence-electron chi connectivity index (χ3n) is 7.95. The second kappa shape index (κ2) is 12.8. The molecule has 12 heteroatoms. The molecule has 5 aromatic rings. The highest BCUT2D eigenvalue weighted by Crippen LogP contribution is 2.41. The number of aliphatic carboxylic acids is 1. The maximum atomic E-state index is 13.7. The zero-order valence-electron chi connectivity index (χ0n) is 24.9. The minimum Gasteiger partial charge on any atom is -0.481 e. The van der Waals surface area contributed by atoms with Crippen LogP contribution in [0.3, 0.4) is 0 Å². The molecular formula is C32H36N6O5S. The van der Waals surface area contributed by atoms with Crippen LogP contribution in [0.25, 0.3) is 31.5 Å². The number of esters is 1. The van der Waals surface area contributed by atoms with Gasteiger partial charge in [-0.1, -0.05) is 25.3 Å². The Morgan fingerprint density at radius 1 is 1.14 bits per heavy atom. The van der Waals surface area contributed by atoms with Crippen molar-refractivity contribution in [3.63, 3.8) is 0 Å². The second-order valence-corrected chi connectivity index (χ2v) is 12.8. The molecule has 4 aromatic heterocycles. The Morgan fingerprint density at radius 3 is 2.84 bits per heavy atom. The minimum atomic E-state index is -0.768. The van der Waals surface area contributed by atoms with E-state index in [-0.39, 0.29) is 19.6 Å². The monoisotopic (exact) mass is 616 g/mol. The van der Waals surface area contributed by atoms with Gasteiger partial charge in [0.15, 0.2) is 0 Å². The molecule has 6 rings (SSSR count). The van der Waals surface area contributed by atoms with Gasteiger partial charge in [-0.25, -0.2) is 24.7 Å². The maximum absolute atomic E-state index is 13.7. The van der Waals surface area contributed by atoms with E-state index in [4.69, 9.17) is 19.6 Å². The van der Waals surface area contributed by atoms with Crippen LogP contribution in [0.1, 0.15) is 79.6 Å². The number of aromatic amines is 1. The molecule has 0 atom stereocenters. The first-order valence-corrected chi connectivity index (χ1v) is 15.9. The Morgan fingerprint density at radius 2 is 1.98 bits per heavy atom. The summed E-state index contributed by atoms with van der Waals surface area (Å²) in [6.07, 6.45) is 8.78. The number of rotatable bonds is 13. The summed E-state index contributed by atoms with van der Waals surface area (Å²) >= 11 is 1.48. The number of hydrogen-bond acceptors (Lipinski definition) is 10. The number of nitrogens with zero attached hydrogens (tertiary/aromatic N) is 4. The molecule has 230 valence electrons. The lowest BCUT2D eigenvalue weighted by Crippen LogP contribution is -2.33. The van der Waals surface area contributed by atoms with E-state index in [0.717, 1.165) is 57.5 Å². The topological polar surface area (TPSA) is 152 Å². The van der Waals surface area contributed by atoms with Crippen LogP contribution >= 0.6 is 11.3 Å². The summed E-state index contributed by atoms with van der Waals surface area (Å²) in [5, 5.41) is 12.9. The Bertz CT molecular complexity index is 1830. The number of aromatic nitrogens is 5. The number of thiophene rings is 1. The van der Waals surface area contributed by atoms with Crippen LogP contribution in [0.15, 0.2) is 30.9 Å².